The predicted octanol–water partition coefficient (Wildman–Crippen LogP) is 0.656. The summed E-state index contributed by atoms with van der Waals surface area (Å²) in [6, 6.07) is 9.89. The molecule has 1 saturated heterocycles. The summed E-state index contributed by atoms with van der Waals surface area (Å²) in [5.74, 6) is -0.721. The van der Waals surface area contributed by atoms with Crippen molar-refractivity contribution in [2.24, 2.45) is 0 Å². The summed E-state index contributed by atoms with van der Waals surface area (Å²) < 4.78 is 5.04. The highest BCUT2D eigenvalue weighted by atomic mass is 16.6. The number of aryl methyl sites for hydroxylation is 1. The second-order valence-corrected chi connectivity index (χ2v) is 4.33. The van der Waals surface area contributed by atoms with Crippen molar-refractivity contribution in [1.29, 1.82) is 0 Å². The zero-order valence-corrected chi connectivity index (χ0v) is 9.45. The summed E-state index contributed by atoms with van der Waals surface area (Å²) in [7, 11) is 0. The Morgan fingerprint density at radius 2 is 1.94 bits per heavy atom. The molecule has 1 fully saturated rings. The molecule has 0 radical (unpaired) electrons. The number of aliphatic hydroxyl groups excluding tert-OH is 2. The molecule has 0 amide bonds. The van der Waals surface area contributed by atoms with Crippen LogP contribution in [0.25, 0.3) is 0 Å². The SMILES string of the molecule is O=C1OC(CCc2ccccc2)CC(O)C1O. The fourth-order valence-corrected chi connectivity index (χ4v) is 1.99. The summed E-state index contributed by atoms with van der Waals surface area (Å²) in [4.78, 5) is 11.2. The van der Waals surface area contributed by atoms with Gasteiger partial charge in [-0.15, -0.1) is 0 Å². The third-order valence-electron chi connectivity index (χ3n) is 2.99. The van der Waals surface area contributed by atoms with Crippen molar-refractivity contribution in [2.75, 3.05) is 0 Å². The van der Waals surface area contributed by atoms with E-state index < -0.39 is 18.2 Å². The second-order valence-electron chi connectivity index (χ2n) is 4.33. The molecule has 17 heavy (non-hydrogen) atoms. The molecule has 4 nitrogen and oxygen atoms in total. The van der Waals surface area contributed by atoms with Crippen LogP contribution in [0.2, 0.25) is 0 Å². The molecule has 1 heterocycles. The van der Waals surface area contributed by atoms with Crippen molar-refractivity contribution in [3.05, 3.63) is 35.9 Å². The zero-order valence-electron chi connectivity index (χ0n) is 9.45. The Labute approximate surface area is 99.8 Å². The molecule has 0 spiro atoms. The minimum Gasteiger partial charge on any atom is -0.460 e. The van der Waals surface area contributed by atoms with Crippen molar-refractivity contribution in [2.45, 2.75) is 37.6 Å². The fraction of sp³-hybridized carbons (Fsp3) is 0.462. The van der Waals surface area contributed by atoms with E-state index in [0.29, 0.717) is 12.8 Å². The van der Waals surface area contributed by atoms with Crippen molar-refractivity contribution in [1.82, 2.24) is 0 Å². The number of rotatable bonds is 3. The number of carbonyl (C=O) groups is 1. The minimum absolute atomic E-state index is 0.305. The Kier molecular flexibility index (Phi) is 3.76. The number of hydrogen-bond donors (Lipinski definition) is 2. The third kappa shape index (κ3) is 3.05. The van der Waals surface area contributed by atoms with Crippen LogP contribution < -0.4 is 0 Å². The smallest absolute Gasteiger partial charge is 0.337 e. The monoisotopic (exact) mass is 236 g/mol. The molecule has 0 aliphatic carbocycles. The van der Waals surface area contributed by atoms with Crippen LogP contribution in [0.3, 0.4) is 0 Å². The van der Waals surface area contributed by atoms with E-state index in [-0.39, 0.29) is 6.10 Å². The summed E-state index contributed by atoms with van der Waals surface area (Å²) >= 11 is 0. The van der Waals surface area contributed by atoms with E-state index in [0.717, 1.165) is 6.42 Å². The van der Waals surface area contributed by atoms with Gasteiger partial charge in [-0.1, -0.05) is 30.3 Å². The van der Waals surface area contributed by atoms with Crippen LogP contribution in [0.1, 0.15) is 18.4 Å². The maximum Gasteiger partial charge on any atom is 0.337 e. The first-order valence-corrected chi connectivity index (χ1v) is 5.77. The van der Waals surface area contributed by atoms with Crippen molar-refractivity contribution in [3.63, 3.8) is 0 Å². The van der Waals surface area contributed by atoms with Crippen LogP contribution in [0.5, 0.6) is 0 Å². The highest BCUT2D eigenvalue weighted by Gasteiger charge is 2.35. The number of esters is 1. The van der Waals surface area contributed by atoms with Gasteiger partial charge in [-0.2, -0.15) is 0 Å². The number of carbonyl (C=O) groups excluding carboxylic acids is 1. The van der Waals surface area contributed by atoms with Gasteiger partial charge in [0.05, 0.1) is 6.10 Å². The van der Waals surface area contributed by atoms with E-state index in [1.165, 1.54) is 5.56 Å². The van der Waals surface area contributed by atoms with E-state index in [1.807, 2.05) is 30.3 Å². The number of cyclic esters (lactones) is 1. The maximum absolute atomic E-state index is 11.2. The molecule has 2 rings (SSSR count). The molecule has 1 aromatic carbocycles. The van der Waals surface area contributed by atoms with Crippen LogP contribution in [-0.4, -0.2) is 34.5 Å². The van der Waals surface area contributed by atoms with Crippen molar-refractivity contribution < 1.29 is 19.7 Å². The first-order chi connectivity index (χ1) is 8.16. The lowest BCUT2D eigenvalue weighted by Crippen LogP contribution is -2.45. The molecule has 0 bridgehead atoms. The predicted molar refractivity (Wildman–Crippen MR) is 61.3 cm³/mol. The highest BCUT2D eigenvalue weighted by molar-refractivity contribution is 5.76. The first kappa shape index (κ1) is 12.1. The first-order valence-electron chi connectivity index (χ1n) is 5.77. The van der Waals surface area contributed by atoms with Gasteiger partial charge in [0.25, 0.3) is 0 Å². The van der Waals surface area contributed by atoms with Gasteiger partial charge in [0.1, 0.15) is 6.10 Å². The summed E-state index contributed by atoms with van der Waals surface area (Å²) in [6.45, 7) is 0. The van der Waals surface area contributed by atoms with E-state index in [2.05, 4.69) is 0 Å². The van der Waals surface area contributed by atoms with Crippen molar-refractivity contribution in [3.8, 4) is 0 Å². The standard InChI is InChI=1S/C13H16O4/c14-11-8-10(17-13(16)12(11)15)7-6-9-4-2-1-3-5-9/h1-5,10-12,14-15H,6-8H2. The minimum atomic E-state index is -1.39. The van der Waals surface area contributed by atoms with E-state index in [1.54, 1.807) is 0 Å². The number of aliphatic hydroxyl groups is 2. The van der Waals surface area contributed by atoms with E-state index >= 15 is 0 Å². The van der Waals surface area contributed by atoms with Gasteiger partial charge in [0.2, 0.25) is 0 Å². The number of benzene rings is 1. The maximum atomic E-state index is 11.2. The lowest BCUT2D eigenvalue weighted by molar-refractivity contribution is -0.179. The van der Waals surface area contributed by atoms with Crippen LogP contribution in [0, 0.1) is 0 Å². The summed E-state index contributed by atoms with van der Waals surface area (Å²) in [5, 5.41) is 18.7. The topological polar surface area (TPSA) is 66.8 Å². The molecule has 3 atom stereocenters. The molecule has 3 unspecified atom stereocenters. The van der Waals surface area contributed by atoms with Crippen LogP contribution in [-0.2, 0) is 16.0 Å². The molecule has 0 aromatic heterocycles. The normalized spacial score (nSPS) is 28.8. The molecular formula is C13H16O4. The van der Waals surface area contributed by atoms with Crippen molar-refractivity contribution >= 4 is 5.97 Å². The molecule has 1 aliphatic heterocycles. The van der Waals surface area contributed by atoms with Gasteiger partial charge in [-0.25, -0.2) is 4.79 Å². The Morgan fingerprint density at radius 1 is 1.24 bits per heavy atom. The van der Waals surface area contributed by atoms with Gasteiger partial charge in [0, 0.05) is 6.42 Å². The third-order valence-corrected chi connectivity index (χ3v) is 2.99. The van der Waals surface area contributed by atoms with Gasteiger partial charge >= 0.3 is 5.97 Å². The molecule has 4 heteroatoms. The molecule has 2 N–H and O–H groups in total. The van der Waals surface area contributed by atoms with Gasteiger partial charge in [-0.05, 0) is 18.4 Å². The average molecular weight is 236 g/mol. The lowest BCUT2D eigenvalue weighted by atomic mass is 9.98. The fourth-order valence-electron chi connectivity index (χ4n) is 1.99. The quantitative estimate of drug-likeness (QED) is 0.756. The largest absolute Gasteiger partial charge is 0.460 e. The second kappa shape index (κ2) is 5.29. The molecule has 1 aromatic rings. The number of ether oxygens (including phenoxy) is 1. The lowest BCUT2D eigenvalue weighted by Gasteiger charge is -2.29. The van der Waals surface area contributed by atoms with Crippen LogP contribution >= 0.6 is 0 Å². The Bertz CT molecular complexity index is 376. The van der Waals surface area contributed by atoms with Gasteiger partial charge in [-0.3, -0.25) is 0 Å². The van der Waals surface area contributed by atoms with E-state index in [9.17, 15) is 15.0 Å². The van der Waals surface area contributed by atoms with Crippen LogP contribution in [0.4, 0.5) is 0 Å². The molecule has 92 valence electrons. The Balaban J connectivity index is 1.86. The van der Waals surface area contributed by atoms with Gasteiger partial charge in [0.15, 0.2) is 6.10 Å². The molecule has 1 aliphatic rings. The molecular weight excluding hydrogens is 220 g/mol. The van der Waals surface area contributed by atoms with Gasteiger partial charge < -0.3 is 14.9 Å². The summed E-state index contributed by atoms with van der Waals surface area (Å²) in [5.41, 5.74) is 1.17. The highest BCUT2D eigenvalue weighted by Crippen LogP contribution is 2.19. The Morgan fingerprint density at radius 3 is 2.59 bits per heavy atom. The number of hydrogen-bond acceptors (Lipinski definition) is 4. The van der Waals surface area contributed by atoms with Crippen LogP contribution in [0.15, 0.2) is 30.3 Å². The zero-order chi connectivity index (χ0) is 12.3. The summed E-state index contributed by atoms with van der Waals surface area (Å²) in [6.07, 6.45) is -0.929. The average Bonchev–Trinajstić information content (AvgIpc) is 2.34. The Hall–Kier alpha value is -1.39. The molecule has 0 saturated carbocycles. The van der Waals surface area contributed by atoms with E-state index in [4.69, 9.17) is 4.74 Å².